The van der Waals surface area contributed by atoms with Crippen LogP contribution in [-0.4, -0.2) is 47.3 Å². The summed E-state index contributed by atoms with van der Waals surface area (Å²) in [5.41, 5.74) is 3.86. The maximum absolute atomic E-state index is 12.8. The largest absolute Gasteiger partial charge is 0.352 e. The van der Waals surface area contributed by atoms with Crippen molar-refractivity contribution in [3.8, 4) is 5.69 Å². The molecule has 5 nitrogen and oxygen atoms in total. The molecule has 1 fully saturated rings. The fourth-order valence-corrected chi connectivity index (χ4v) is 3.82. The van der Waals surface area contributed by atoms with Gasteiger partial charge < -0.3 is 10.2 Å². The average molecular weight is 369 g/mol. The number of aryl methyl sites for hydroxylation is 1. The first-order valence-corrected chi connectivity index (χ1v) is 10.1. The number of piperidine rings is 1. The fourth-order valence-electron chi connectivity index (χ4n) is 3.82. The highest BCUT2D eigenvalue weighted by molar-refractivity contribution is 5.95. The zero-order chi connectivity index (χ0) is 19.4. The van der Waals surface area contributed by atoms with E-state index in [1.54, 1.807) is 6.20 Å². The number of hydrogen-bond donors (Lipinski definition) is 1. The van der Waals surface area contributed by atoms with E-state index in [1.807, 2.05) is 4.68 Å². The third kappa shape index (κ3) is 4.78. The number of benzene rings is 1. The minimum absolute atomic E-state index is 0.00927. The molecule has 1 aliphatic heterocycles. The maximum Gasteiger partial charge on any atom is 0.254 e. The maximum atomic E-state index is 12.8. The second kappa shape index (κ2) is 8.70. The van der Waals surface area contributed by atoms with Crippen molar-refractivity contribution >= 4 is 5.91 Å². The van der Waals surface area contributed by atoms with Gasteiger partial charge in [-0.2, -0.15) is 5.10 Å². The van der Waals surface area contributed by atoms with Crippen molar-refractivity contribution in [2.75, 3.05) is 26.7 Å². The Bertz CT molecular complexity index is 755. The summed E-state index contributed by atoms with van der Waals surface area (Å²) in [5, 5.41) is 7.64. The van der Waals surface area contributed by atoms with Crippen LogP contribution >= 0.6 is 0 Å². The predicted molar refractivity (Wildman–Crippen MR) is 110 cm³/mol. The number of nitrogens with one attached hydrogen (secondary N) is 1. The summed E-state index contributed by atoms with van der Waals surface area (Å²) >= 11 is 0. The molecule has 0 spiro atoms. The van der Waals surface area contributed by atoms with Gasteiger partial charge in [-0.25, -0.2) is 4.68 Å². The third-order valence-electron chi connectivity index (χ3n) is 5.55. The molecule has 3 rings (SSSR count). The Balaban J connectivity index is 1.66. The third-order valence-corrected chi connectivity index (χ3v) is 5.55. The molecule has 0 bridgehead atoms. The first-order valence-electron chi connectivity index (χ1n) is 10.1. The van der Waals surface area contributed by atoms with Gasteiger partial charge in [0, 0.05) is 6.54 Å². The van der Waals surface area contributed by atoms with Crippen LogP contribution in [0.1, 0.15) is 60.6 Å². The number of carbonyl (C=O) groups excluding carboxylic acids is 1. The molecular weight excluding hydrogens is 336 g/mol. The van der Waals surface area contributed by atoms with Crippen LogP contribution in [0.5, 0.6) is 0 Å². The Labute approximate surface area is 162 Å². The van der Waals surface area contributed by atoms with Gasteiger partial charge in [0.2, 0.25) is 0 Å². The van der Waals surface area contributed by atoms with Crippen LogP contribution in [0.2, 0.25) is 0 Å². The van der Waals surface area contributed by atoms with Crippen LogP contribution < -0.4 is 5.32 Å². The van der Waals surface area contributed by atoms with Crippen molar-refractivity contribution in [2.24, 2.45) is 5.92 Å². The molecule has 5 heteroatoms. The summed E-state index contributed by atoms with van der Waals surface area (Å²) in [6, 6.07) is 8.25. The second-order valence-corrected chi connectivity index (χ2v) is 8.14. The molecule has 0 radical (unpaired) electrons. The lowest BCUT2D eigenvalue weighted by Crippen LogP contribution is -2.33. The molecule has 2 aromatic rings. The molecule has 1 N–H and O–H groups in total. The first-order chi connectivity index (χ1) is 13.0. The normalized spacial score (nSPS) is 16.0. The highest BCUT2D eigenvalue weighted by Crippen LogP contribution is 2.24. The minimum Gasteiger partial charge on any atom is -0.352 e. The Hall–Kier alpha value is -2.14. The molecular formula is C22H32N4O. The highest BCUT2D eigenvalue weighted by atomic mass is 16.1. The van der Waals surface area contributed by atoms with Crippen molar-refractivity contribution in [3.05, 3.63) is 47.3 Å². The van der Waals surface area contributed by atoms with E-state index in [-0.39, 0.29) is 11.8 Å². The second-order valence-electron chi connectivity index (χ2n) is 8.14. The number of rotatable bonds is 6. The van der Waals surface area contributed by atoms with Gasteiger partial charge >= 0.3 is 0 Å². The topological polar surface area (TPSA) is 50.2 Å². The smallest absolute Gasteiger partial charge is 0.254 e. The van der Waals surface area contributed by atoms with E-state index in [0.717, 1.165) is 30.3 Å². The van der Waals surface area contributed by atoms with Gasteiger partial charge in [0.1, 0.15) is 0 Å². The van der Waals surface area contributed by atoms with E-state index >= 15 is 0 Å². The van der Waals surface area contributed by atoms with Crippen LogP contribution in [0, 0.1) is 12.8 Å². The Morgan fingerprint density at radius 2 is 1.89 bits per heavy atom. The Kier molecular flexibility index (Phi) is 6.32. The van der Waals surface area contributed by atoms with Gasteiger partial charge in [0.15, 0.2) is 0 Å². The van der Waals surface area contributed by atoms with E-state index in [0.29, 0.717) is 5.56 Å². The molecule has 0 unspecified atom stereocenters. The molecule has 0 atom stereocenters. The molecule has 27 heavy (non-hydrogen) atoms. The summed E-state index contributed by atoms with van der Waals surface area (Å²) in [5.74, 6) is 0.926. The van der Waals surface area contributed by atoms with E-state index in [4.69, 9.17) is 0 Å². The molecule has 1 aliphatic rings. The van der Waals surface area contributed by atoms with Crippen molar-refractivity contribution in [3.63, 3.8) is 0 Å². The predicted octanol–water partition coefficient (Wildman–Crippen LogP) is 3.77. The SMILES string of the molecule is Cc1ccc(-n2ncc(C(=O)NCCC3CCN(C)CC3)c2C(C)C)cc1. The van der Waals surface area contributed by atoms with Gasteiger partial charge in [-0.1, -0.05) is 31.5 Å². The van der Waals surface area contributed by atoms with Crippen molar-refractivity contribution in [2.45, 2.75) is 46.0 Å². The van der Waals surface area contributed by atoms with E-state index in [9.17, 15) is 4.79 Å². The van der Waals surface area contributed by atoms with Crippen LogP contribution in [0.4, 0.5) is 0 Å². The Morgan fingerprint density at radius 3 is 2.52 bits per heavy atom. The summed E-state index contributed by atoms with van der Waals surface area (Å²) in [4.78, 5) is 15.2. The molecule has 1 amide bonds. The quantitative estimate of drug-likeness (QED) is 0.844. The van der Waals surface area contributed by atoms with E-state index in [1.165, 1.54) is 31.5 Å². The van der Waals surface area contributed by atoms with Crippen LogP contribution in [-0.2, 0) is 0 Å². The van der Waals surface area contributed by atoms with Gasteiger partial charge in [0.25, 0.3) is 5.91 Å². The minimum atomic E-state index is -0.00927. The molecule has 0 saturated carbocycles. The van der Waals surface area contributed by atoms with Gasteiger partial charge in [0.05, 0.1) is 23.1 Å². The van der Waals surface area contributed by atoms with Crippen molar-refractivity contribution < 1.29 is 4.79 Å². The van der Waals surface area contributed by atoms with Gasteiger partial charge in [-0.3, -0.25) is 4.79 Å². The Morgan fingerprint density at radius 1 is 1.22 bits per heavy atom. The zero-order valence-corrected chi connectivity index (χ0v) is 17.0. The number of hydrogen-bond acceptors (Lipinski definition) is 3. The lowest BCUT2D eigenvalue weighted by molar-refractivity contribution is 0.0947. The number of amides is 1. The monoisotopic (exact) mass is 368 g/mol. The molecule has 2 heterocycles. The molecule has 146 valence electrons. The highest BCUT2D eigenvalue weighted by Gasteiger charge is 2.21. The van der Waals surface area contributed by atoms with E-state index < -0.39 is 0 Å². The van der Waals surface area contributed by atoms with Crippen LogP contribution in [0.15, 0.2) is 30.5 Å². The number of nitrogens with zero attached hydrogens (tertiary/aromatic N) is 3. The lowest BCUT2D eigenvalue weighted by Gasteiger charge is -2.28. The van der Waals surface area contributed by atoms with Crippen LogP contribution in [0.3, 0.4) is 0 Å². The van der Waals surface area contributed by atoms with Crippen molar-refractivity contribution in [1.29, 1.82) is 0 Å². The van der Waals surface area contributed by atoms with E-state index in [2.05, 4.69) is 67.4 Å². The molecule has 1 saturated heterocycles. The summed E-state index contributed by atoms with van der Waals surface area (Å²) in [6.07, 6.45) is 5.23. The summed E-state index contributed by atoms with van der Waals surface area (Å²) in [7, 11) is 2.18. The first kappa shape index (κ1) is 19.6. The van der Waals surface area contributed by atoms with Gasteiger partial charge in [-0.15, -0.1) is 0 Å². The van der Waals surface area contributed by atoms with Gasteiger partial charge in [-0.05, 0) is 70.3 Å². The molecule has 1 aromatic heterocycles. The fraction of sp³-hybridized carbons (Fsp3) is 0.545. The number of likely N-dealkylation sites (tertiary alicyclic amines) is 1. The molecule has 1 aromatic carbocycles. The van der Waals surface area contributed by atoms with Crippen LogP contribution in [0.25, 0.3) is 5.69 Å². The number of carbonyl (C=O) groups is 1. The van der Waals surface area contributed by atoms with Crippen molar-refractivity contribution in [1.82, 2.24) is 20.0 Å². The lowest BCUT2D eigenvalue weighted by atomic mass is 9.94. The average Bonchev–Trinajstić information content (AvgIpc) is 3.09. The number of aromatic nitrogens is 2. The zero-order valence-electron chi connectivity index (χ0n) is 17.0. The summed E-state index contributed by atoms with van der Waals surface area (Å²) in [6.45, 7) is 9.35. The standard InChI is InChI=1S/C22H32N4O/c1-16(2)21-20(15-24-26(21)19-7-5-17(3)6-8-19)22(27)23-12-9-18-10-13-25(4)14-11-18/h5-8,15-16,18H,9-14H2,1-4H3,(H,23,27). The summed E-state index contributed by atoms with van der Waals surface area (Å²) < 4.78 is 1.90. The molecule has 0 aliphatic carbocycles.